The van der Waals surface area contributed by atoms with Crippen LogP contribution in [-0.4, -0.2) is 34.0 Å². The highest BCUT2D eigenvalue weighted by molar-refractivity contribution is 7.89. The Morgan fingerprint density at radius 3 is 2.42 bits per heavy atom. The average Bonchev–Trinajstić information content (AvgIpc) is 2.62. The van der Waals surface area contributed by atoms with Crippen molar-refractivity contribution in [1.29, 1.82) is 0 Å². The molecular formula is C19H32N2O4S. The van der Waals surface area contributed by atoms with Crippen LogP contribution in [0.1, 0.15) is 52.9 Å². The monoisotopic (exact) mass is 384 g/mol. The van der Waals surface area contributed by atoms with Crippen molar-refractivity contribution in [2.24, 2.45) is 5.92 Å². The van der Waals surface area contributed by atoms with Gasteiger partial charge in [-0.1, -0.05) is 33.1 Å². The predicted octanol–water partition coefficient (Wildman–Crippen LogP) is 3.09. The fourth-order valence-corrected chi connectivity index (χ4v) is 3.59. The molecule has 0 heterocycles. The standard InChI is InChI=1S/C19H32N2O4S/c1-4-7-8-16(5-2)15-20-19(22)13-14-21-26(23,24)18-11-9-17(10-12-18)25-6-3/h9-12,16,21H,4-8,13-15H2,1-3H3,(H,20,22). The van der Waals surface area contributed by atoms with Crippen molar-refractivity contribution in [3.8, 4) is 5.75 Å². The van der Waals surface area contributed by atoms with E-state index in [0.29, 0.717) is 24.8 Å². The number of benzene rings is 1. The van der Waals surface area contributed by atoms with E-state index < -0.39 is 10.0 Å². The van der Waals surface area contributed by atoms with Crippen molar-refractivity contribution in [2.45, 2.75) is 57.8 Å². The summed E-state index contributed by atoms with van der Waals surface area (Å²) in [6.45, 7) is 7.40. The van der Waals surface area contributed by atoms with Crippen LogP contribution in [0.3, 0.4) is 0 Å². The maximum atomic E-state index is 12.2. The number of hydrogen-bond donors (Lipinski definition) is 2. The fraction of sp³-hybridized carbons (Fsp3) is 0.632. The average molecular weight is 385 g/mol. The van der Waals surface area contributed by atoms with Gasteiger partial charge in [-0.05, 0) is 43.5 Å². The summed E-state index contributed by atoms with van der Waals surface area (Å²) >= 11 is 0. The highest BCUT2D eigenvalue weighted by Gasteiger charge is 2.14. The van der Waals surface area contributed by atoms with Crippen molar-refractivity contribution in [1.82, 2.24) is 10.0 Å². The van der Waals surface area contributed by atoms with Crippen LogP contribution in [0.25, 0.3) is 0 Å². The van der Waals surface area contributed by atoms with E-state index in [9.17, 15) is 13.2 Å². The van der Waals surface area contributed by atoms with Gasteiger partial charge in [0.05, 0.1) is 11.5 Å². The van der Waals surface area contributed by atoms with Gasteiger partial charge in [-0.25, -0.2) is 13.1 Å². The summed E-state index contributed by atoms with van der Waals surface area (Å²) in [5.74, 6) is 0.980. The Labute approximate surface area is 157 Å². The Morgan fingerprint density at radius 1 is 1.15 bits per heavy atom. The predicted molar refractivity (Wildman–Crippen MR) is 104 cm³/mol. The quantitative estimate of drug-likeness (QED) is 0.547. The topological polar surface area (TPSA) is 84.5 Å². The highest BCUT2D eigenvalue weighted by Crippen LogP contribution is 2.15. The molecule has 1 unspecified atom stereocenters. The van der Waals surface area contributed by atoms with Gasteiger partial charge < -0.3 is 10.1 Å². The van der Waals surface area contributed by atoms with Crippen molar-refractivity contribution < 1.29 is 17.9 Å². The van der Waals surface area contributed by atoms with Gasteiger partial charge in [0.2, 0.25) is 15.9 Å². The lowest BCUT2D eigenvalue weighted by molar-refractivity contribution is -0.121. The SMILES string of the molecule is CCCCC(CC)CNC(=O)CCNS(=O)(=O)c1ccc(OCC)cc1. The van der Waals surface area contributed by atoms with Crippen molar-refractivity contribution in [2.75, 3.05) is 19.7 Å². The lowest BCUT2D eigenvalue weighted by Crippen LogP contribution is -2.33. The maximum Gasteiger partial charge on any atom is 0.240 e. The third-order valence-corrected chi connectivity index (χ3v) is 5.70. The number of hydrogen-bond acceptors (Lipinski definition) is 4. The molecule has 0 saturated heterocycles. The van der Waals surface area contributed by atoms with Gasteiger partial charge in [-0.2, -0.15) is 0 Å². The van der Waals surface area contributed by atoms with E-state index in [1.54, 1.807) is 12.1 Å². The molecule has 0 bridgehead atoms. The van der Waals surface area contributed by atoms with Crippen LogP contribution < -0.4 is 14.8 Å². The number of carbonyl (C=O) groups is 1. The fourth-order valence-electron chi connectivity index (χ4n) is 2.55. The molecule has 1 amide bonds. The van der Waals surface area contributed by atoms with Crippen molar-refractivity contribution in [3.63, 3.8) is 0 Å². The third kappa shape index (κ3) is 8.19. The zero-order valence-electron chi connectivity index (χ0n) is 16.1. The smallest absolute Gasteiger partial charge is 0.240 e. The van der Waals surface area contributed by atoms with Gasteiger partial charge in [0.25, 0.3) is 0 Å². The zero-order chi connectivity index (χ0) is 19.4. The molecular weight excluding hydrogens is 352 g/mol. The lowest BCUT2D eigenvalue weighted by atomic mass is 9.99. The molecule has 1 aromatic carbocycles. The molecule has 6 nitrogen and oxygen atoms in total. The first-order valence-electron chi connectivity index (χ1n) is 9.42. The molecule has 0 aliphatic carbocycles. The van der Waals surface area contributed by atoms with E-state index in [1.807, 2.05) is 6.92 Å². The normalized spacial score (nSPS) is 12.6. The van der Waals surface area contributed by atoms with Crippen LogP contribution in [0, 0.1) is 5.92 Å². The number of unbranched alkanes of at least 4 members (excludes halogenated alkanes) is 1. The Kier molecular flexibility index (Phi) is 10.3. The number of rotatable bonds is 13. The maximum absolute atomic E-state index is 12.2. The van der Waals surface area contributed by atoms with E-state index in [4.69, 9.17) is 4.74 Å². The number of amides is 1. The van der Waals surface area contributed by atoms with Crippen LogP contribution in [0.4, 0.5) is 0 Å². The number of ether oxygens (including phenoxy) is 1. The molecule has 0 spiro atoms. The molecule has 0 aliphatic rings. The molecule has 0 aliphatic heterocycles. The molecule has 148 valence electrons. The number of sulfonamides is 1. The minimum absolute atomic E-state index is 0.0765. The first kappa shape index (κ1) is 22.4. The van der Waals surface area contributed by atoms with E-state index in [2.05, 4.69) is 23.9 Å². The number of carbonyl (C=O) groups excluding carboxylic acids is 1. The summed E-state index contributed by atoms with van der Waals surface area (Å²) in [5.41, 5.74) is 0. The lowest BCUT2D eigenvalue weighted by Gasteiger charge is -2.15. The van der Waals surface area contributed by atoms with Gasteiger partial charge >= 0.3 is 0 Å². The molecule has 0 aromatic heterocycles. The molecule has 2 N–H and O–H groups in total. The summed E-state index contributed by atoms with van der Waals surface area (Å²) in [7, 11) is -3.62. The molecule has 1 atom stereocenters. The zero-order valence-corrected chi connectivity index (χ0v) is 16.9. The summed E-state index contributed by atoms with van der Waals surface area (Å²) < 4.78 is 32.2. The summed E-state index contributed by atoms with van der Waals surface area (Å²) in [4.78, 5) is 12.1. The second-order valence-corrected chi connectivity index (χ2v) is 8.04. The Bertz CT molecular complexity index is 629. The van der Waals surface area contributed by atoms with E-state index >= 15 is 0 Å². The molecule has 0 saturated carbocycles. The Balaban J connectivity index is 2.39. The van der Waals surface area contributed by atoms with Gasteiger partial charge in [-0.15, -0.1) is 0 Å². The van der Waals surface area contributed by atoms with Gasteiger partial charge in [0, 0.05) is 19.5 Å². The van der Waals surface area contributed by atoms with Gasteiger partial charge in [0.15, 0.2) is 0 Å². The molecule has 26 heavy (non-hydrogen) atoms. The van der Waals surface area contributed by atoms with Crippen molar-refractivity contribution in [3.05, 3.63) is 24.3 Å². The van der Waals surface area contributed by atoms with E-state index in [1.165, 1.54) is 12.1 Å². The Morgan fingerprint density at radius 2 is 1.85 bits per heavy atom. The van der Waals surface area contributed by atoms with Crippen LogP contribution in [0.5, 0.6) is 5.75 Å². The first-order chi connectivity index (χ1) is 12.4. The Hall–Kier alpha value is -1.60. The van der Waals surface area contributed by atoms with Crippen LogP contribution in [0.15, 0.2) is 29.2 Å². The van der Waals surface area contributed by atoms with Crippen molar-refractivity contribution >= 4 is 15.9 Å². The molecule has 1 aromatic rings. The molecule has 0 radical (unpaired) electrons. The molecule has 0 fully saturated rings. The van der Waals surface area contributed by atoms with Gasteiger partial charge in [-0.3, -0.25) is 4.79 Å². The minimum Gasteiger partial charge on any atom is -0.494 e. The molecule has 1 rings (SSSR count). The summed E-state index contributed by atoms with van der Waals surface area (Å²) in [5, 5.41) is 2.90. The second-order valence-electron chi connectivity index (χ2n) is 6.27. The molecule has 7 heteroatoms. The van der Waals surface area contributed by atoms with Crippen LogP contribution in [0.2, 0.25) is 0 Å². The van der Waals surface area contributed by atoms with E-state index in [-0.39, 0.29) is 23.8 Å². The first-order valence-corrected chi connectivity index (χ1v) is 10.9. The third-order valence-electron chi connectivity index (χ3n) is 4.22. The minimum atomic E-state index is -3.62. The van der Waals surface area contributed by atoms with Gasteiger partial charge in [0.1, 0.15) is 5.75 Å². The second kappa shape index (κ2) is 11.9. The number of nitrogens with one attached hydrogen (secondary N) is 2. The van der Waals surface area contributed by atoms with Crippen LogP contribution >= 0.6 is 0 Å². The largest absolute Gasteiger partial charge is 0.494 e. The summed E-state index contributed by atoms with van der Waals surface area (Å²) in [6.07, 6.45) is 4.58. The highest BCUT2D eigenvalue weighted by atomic mass is 32.2. The summed E-state index contributed by atoms with van der Waals surface area (Å²) in [6, 6.07) is 6.22. The van der Waals surface area contributed by atoms with E-state index in [0.717, 1.165) is 25.7 Å². The van der Waals surface area contributed by atoms with Crippen LogP contribution in [-0.2, 0) is 14.8 Å².